The molecule has 1 aromatic heterocycles. The molecule has 1 amide bonds. The lowest BCUT2D eigenvalue weighted by atomic mass is 10.2. The second-order valence-electron chi connectivity index (χ2n) is 7.28. The highest BCUT2D eigenvalue weighted by Crippen LogP contribution is 2.32. The fraction of sp³-hybridized carbons (Fsp3) is 0.238. The molecule has 0 bridgehead atoms. The van der Waals surface area contributed by atoms with E-state index < -0.39 is 41.5 Å². The van der Waals surface area contributed by atoms with Gasteiger partial charge in [-0.05, 0) is 45.0 Å². The van der Waals surface area contributed by atoms with Crippen molar-refractivity contribution in [2.75, 3.05) is 5.75 Å². The van der Waals surface area contributed by atoms with E-state index in [1.54, 1.807) is 63.2 Å². The predicted molar refractivity (Wildman–Crippen MR) is 114 cm³/mol. The first-order valence-corrected chi connectivity index (χ1v) is 12.5. The van der Waals surface area contributed by atoms with Gasteiger partial charge >= 0.3 is 0 Å². The zero-order chi connectivity index (χ0) is 22.8. The average molecular weight is 463 g/mol. The molecule has 0 aliphatic carbocycles. The third-order valence-electron chi connectivity index (χ3n) is 4.23. The summed E-state index contributed by atoms with van der Waals surface area (Å²) >= 11 is 0. The van der Waals surface area contributed by atoms with Gasteiger partial charge in [0, 0.05) is 11.6 Å². The second kappa shape index (κ2) is 8.64. The zero-order valence-corrected chi connectivity index (χ0v) is 18.8. The van der Waals surface area contributed by atoms with E-state index >= 15 is 0 Å². The summed E-state index contributed by atoms with van der Waals surface area (Å²) in [5.74, 6) is -1.91. The summed E-state index contributed by atoms with van der Waals surface area (Å²) in [6.07, 6.45) is 0. The van der Waals surface area contributed by atoms with Crippen LogP contribution in [0.15, 0.2) is 74.0 Å². The number of rotatable bonds is 7. The SMILES string of the molecule is Cc1ccc(S(=O)(=O)c2nc(-c3ccccc3)oc2S(=O)(=O)CC(=O)NC(C)C)cc1. The number of carbonyl (C=O) groups is 1. The van der Waals surface area contributed by atoms with Crippen molar-refractivity contribution in [3.8, 4) is 11.5 Å². The maximum absolute atomic E-state index is 13.2. The Hall–Kier alpha value is -2.98. The summed E-state index contributed by atoms with van der Waals surface area (Å²) < 4.78 is 57.8. The fourth-order valence-electron chi connectivity index (χ4n) is 2.79. The minimum Gasteiger partial charge on any atom is -0.423 e. The van der Waals surface area contributed by atoms with Crippen molar-refractivity contribution in [1.82, 2.24) is 10.3 Å². The highest BCUT2D eigenvalue weighted by atomic mass is 32.2. The van der Waals surface area contributed by atoms with Gasteiger partial charge in [-0.2, -0.15) is 4.98 Å². The van der Waals surface area contributed by atoms with Crippen molar-refractivity contribution in [3.05, 3.63) is 60.2 Å². The number of nitrogens with zero attached hydrogens (tertiary/aromatic N) is 1. The highest BCUT2D eigenvalue weighted by Gasteiger charge is 2.36. The van der Waals surface area contributed by atoms with Crippen molar-refractivity contribution in [1.29, 1.82) is 0 Å². The Kier molecular flexibility index (Phi) is 6.33. The van der Waals surface area contributed by atoms with Gasteiger partial charge in [-0.25, -0.2) is 16.8 Å². The van der Waals surface area contributed by atoms with Gasteiger partial charge in [0.15, 0.2) is 0 Å². The lowest BCUT2D eigenvalue weighted by Crippen LogP contribution is -2.35. The number of sulfone groups is 2. The number of hydrogen-bond acceptors (Lipinski definition) is 7. The predicted octanol–water partition coefficient (Wildman–Crippen LogP) is 2.78. The Morgan fingerprint density at radius 3 is 2.19 bits per heavy atom. The van der Waals surface area contributed by atoms with Crippen LogP contribution < -0.4 is 5.32 Å². The first-order valence-electron chi connectivity index (χ1n) is 9.41. The molecule has 0 radical (unpaired) electrons. The minimum absolute atomic E-state index is 0.130. The molecule has 1 N–H and O–H groups in total. The molecule has 2 aromatic carbocycles. The number of nitrogens with one attached hydrogen (secondary N) is 1. The smallest absolute Gasteiger partial charge is 0.258 e. The van der Waals surface area contributed by atoms with Gasteiger partial charge in [0.05, 0.1) is 4.90 Å². The summed E-state index contributed by atoms with van der Waals surface area (Å²) in [7, 11) is -8.77. The Bertz CT molecular complexity index is 1290. The molecule has 1 heterocycles. The monoisotopic (exact) mass is 462 g/mol. The van der Waals surface area contributed by atoms with Crippen LogP contribution in [0.4, 0.5) is 0 Å². The molecular weight excluding hydrogens is 440 g/mol. The van der Waals surface area contributed by atoms with E-state index in [4.69, 9.17) is 4.42 Å². The molecule has 3 rings (SSSR count). The van der Waals surface area contributed by atoms with Crippen LogP contribution in [0.2, 0.25) is 0 Å². The third kappa shape index (κ3) is 5.02. The molecule has 0 spiro atoms. The quantitative estimate of drug-likeness (QED) is 0.572. The van der Waals surface area contributed by atoms with E-state index in [0.29, 0.717) is 5.56 Å². The van der Waals surface area contributed by atoms with Gasteiger partial charge in [0.1, 0.15) is 5.75 Å². The molecule has 0 atom stereocenters. The number of aromatic nitrogens is 1. The van der Waals surface area contributed by atoms with E-state index in [2.05, 4.69) is 10.3 Å². The van der Waals surface area contributed by atoms with Gasteiger partial charge in [0.2, 0.25) is 36.5 Å². The lowest BCUT2D eigenvalue weighted by Gasteiger charge is -2.08. The van der Waals surface area contributed by atoms with Crippen LogP contribution in [0.3, 0.4) is 0 Å². The van der Waals surface area contributed by atoms with Gasteiger partial charge in [-0.1, -0.05) is 35.9 Å². The molecule has 0 aliphatic heterocycles. The van der Waals surface area contributed by atoms with Crippen LogP contribution >= 0.6 is 0 Å². The first-order chi connectivity index (χ1) is 14.5. The van der Waals surface area contributed by atoms with Crippen molar-refractivity contribution in [3.63, 3.8) is 0 Å². The maximum atomic E-state index is 13.2. The van der Waals surface area contributed by atoms with Crippen molar-refractivity contribution < 1.29 is 26.0 Å². The van der Waals surface area contributed by atoms with E-state index in [-0.39, 0.29) is 16.8 Å². The van der Waals surface area contributed by atoms with Gasteiger partial charge < -0.3 is 9.73 Å². The Morgan fingerprint density at radius 2 is 1.61 bits per heavy atom. The molecular formula is C21H22N2O6S2. The van der Waals surface area contributed by atoms with Gasteiger partial charge in [-0.15, -0.1) is 0 Å². The van der Waals surface area contributed by atoms with E-state index in [1.807, 2.05) is 0 Å². The van der Waals surface area contributed by atoms with Crippen molar-refractivity contribution >= 4 is 25.6 Å². The second-order valence-corrected chi connectivity index (χ2v) is 11.0. The van der Waals surface area contributed by atoms with Gasteiger partial charge in [-0.3, -0.25) is 4.79 Å². The first kappa shape index (κ1) is 22.7. The number of hydrogen-bond donors (Lipinski definition) is 1. The molecule has 10 heteroatoms. The van der Waals surface area contributed by atoms with E-state index in [9.17, 15) is 21.6 Å². The summed E-state index contributed by atoms with van der Waals surface area (Å²) in [5.41, 5.74) is 1.23. The van der Waals surface area contributed by atoms with Crippen LogP contribution in [0.25, 0.3) is 11.5 Å². The fourth-order valence-corrected chi connectivity index (χ4v) is 5.76. The van der Waals surface area contributed by atoms with Crippen molar-refractivity contribution in [2.24, 2.45) is 0 Å². The van der Waals surface area contributed by atoms with E-state index in [0.717, 1.165) is 5.56 Å². The highest BCUT2D eigenvalue weighted by molar-refractivity contribution is 7.94. The Labute approximate surface area is 181 Å². The van der Waals surface area contributed by atoms with Crippen LogP contribution in [-0.2, 0) is 24.5 Å². The number of aryl methyl sites for hydroxylation is 1. The van der Waals surface area contributed by atoms with Gasteiger partial charge in [0.25, 0.3) is 5.09 Å². The standard InChI is InChI=1S/C21H22N2O6S2/c1-14(2)22-18(24)13-30(25,26)21-20(23-19(29-21)16-7-5-4-6-8-16)31(27,28)17-11-9-15(3)10-12-17/h4-12,14H,13H2,1-3H3,(H,22,24). The maximum Gasteiger partial charge on any atom is 0.258 e. The summed E-state index contributed by atoms with van der Waals surface area (Å²) in [4.78, 5) is 16.0. The zero-order valence-electron chi connectivity index (χ0n) is 17.2. The van der Waals surface area contributed by atoms with E-state index in [1.165, 1.54) is 12.1 Å². The summed E-state index contributed by atoms with van der Waals surface area (Å²) in [6, 6.07) is 13.9. The van der Waals surface area contributed by atoms with Crippen LogP contribution in [-0.4, -0.2) is 39.5 Å². The lowest BCUT2D eigenvalue weighted by molar-refractivity contribution is -0.119. The van der Waals surface area contributed by atoms with Crippen LogP contribution in [0.5, 0.6) is 0 Å². The molecule has 0 aliphatic rings. The van der Waals surface area contributed by atoms with Crippen molar-refractivity contribution in [2.45, 2.75) is 41.8 Å². The van der Waals surface area contributed by atoms with Crippen LogP contribution in [0.1, 0.15) is 19.4 Å². The molecule has 164 valence electrons. The number of oxazole rings is 1. The number of benzene rings is 2. The third-order valence-corrected chi connectivity index (χ3v) is 7.52. The molecule has 8 nitrogen and oxygen atoms in total. The molecule has 0 saturated heterocycles. The summed E-state index contributed by atoms with van der Waals surface area (Å²) in [6.45, 7) is 5.16. The number of carbonyl (C=O) groups excluding carboxylic acids is 1. The minimum atomic E-state index is -4.44. The summed E-state index contributed by atoms with van der Waals surface area (Å²) in [5, 5.41) is 0.875. The Morgan fingerprint density at radius 1 is 1.00 bits per heavy atom. The Balaban J connectivity index is 2.16. The molecule has 0 saturated carbocycles. The molecule has 3 aromatic rings. The molecule has 0 unspecified atom stereocenters. The average Bonchev–Trinajstić information content (AvgIpc) is 3.15. The molecule has 0 fully saturated rings. The topological polar surface area (TPSA) is 123 Å². The molecule has 31 heavy (non-hydrogen) atoms. The normalized spacial score (nSPS) is 12.1. The van der Waals surface area contributed by atoms with Crippen LogP contribution in [0, 0.1) is 6.92 Å². The largest absolute Gasteiger partial charge is 0.423 e. The number of amides is 1.